The molecule has 0 aliphatic carbocycles. The number of benzene rings is 2. The van der Waals surface area contributed by atoms with E-state index in [1.54, 1.807) is 48.5 Å². The van der Waals surface area contributed by atoms with Crippen LogP contribution in [0.15, 0.2) is 76.2 Å². The van der Waals surface area contributed by atoms with Gasteiger partial charge in [-0.25, -0.2) is 8.42 Å². The second kappa shape index (κ2) is 10.4. The predicted molar refractivity (Wildman–Crippen MR) is 130 cm³/mol. The van der Waals surface area contributed by atoms with Crippen molar-refractivity contribution in [2.24, 2.45) is 0 Å². The number of morpholine rings is 1. The number of hydrogen-bond donors (Lipinski definition) is 2. The highest BCUT2D eigenvalue weighted by Gasteiger charge is 2.25. The maximum Gasteiger partial charge on any atom is 0.264 e. The molecule has 4 rings (SSSR count). The minimum Gasteiger partial charge on any atom is -0.495 e. The molecule has 0 bridgehead atoms. The Hall–Kier alpha value is -3.76. The minimum absolute atomic E-state index is 0.0353. The van der Waals surface area contributed by atoms with Crippen LogP contribution in [-0.4, -0.2) is 47.7 Å². The van der Waals surface area contributed by atoms with Gasteiger partial charge in [-0.05, 0) is 48.5 Å². The number of carbonyl (C=O) groups is 1. The van der Waals surface area contributed by atoms with Crippen LogP contribution in [0.5, 0.6) is 5.75 Å². The van der Waals surface area contributed by atoms with Crippen molar-refractivity contribution >= 4 is 39.1 Å². The van der Waals surface area contributed by atoms with Gasteiger partial charge in [0.05, 0.1) is 38.0 Å². The van der Waals surface area contributed by atoms with Crippen molar-refractivity contribution in [1.29, 1.82) is 0 Å². The molecule has 10 heteroatoms. The number of furan rings is 1. The average Bonchev–Trinajstić information content (AvgIpc) is 3.37. The van der Waals surface area contributed by atoms with Crippen molar-refractivity contribution in [2.45, 2.75) is 4.90 Å². The first-order valence-corrected chi connectivity index (χ1v) is 12.1. The molecule has 2 N–H and O–H groups in total. The third kappa shape index (κ3) is 5.59. The maximum absolute atomic E-state index is 13.5. The van der Waals surface area contributed by atoms with E-state index in [1.807, 2.05) is 4.90 Å². The van der Waals surface area contributed by atoms with E-state index in [2.05, 4.69) is 10.0 Å². The quantitative estimate of drug-likeness (QED) is 0.471. The molecule has 1 fully saturated rings. The molecule has 1 amide bonds. The van der Waals surface area contributed by atoms with Crippen LogP contribution >= 0.6 is 0 Å². The summed E-state index contributed by atoms with van der Waals surface area (Å²) in [5, 5.41) is 2.71. The van der Waals surface area contributed by atoms with Crippen molar-refractivity contribution in [2.75, 3.05) is 48.4 Å². The molecular weight excluding hydrogens is 458 g/mol. The molecular formula is C24H25N3O6S. The van der Waals surface area contributed by atoms with Gasteiger partial charge < -0.3 is 24.1 Å². The van der Waals surface area contributed by atoms with E-state index in [0.29, 0.717) is 54.9 Å². The van der Waals surface area contributed by atoms with Crippen molar-refractivity contribution in [3.63, 3.8) is 0 Å². The van der Waals surface area contributed by atoms with E-state index in [0.717, 1.165) is 0 Å². The minimum atomic E-state index is -4.03. The number of rotatable bonds is 8. The number of sulfonamides is 1. The summed E-state index contributed by atoms with van der Waals surface area (Å²) in [5.41, 5.74) is 1.18. The third-order valence-electron chi connectivity index (χ3n) is 5.16. The van der Waals surface area contributed by atoms with Gasteiger partial charge in [-0.3, -0.25) is 9.52 Å². The fraction of sp³-hybridized carbons (Fsp3) is 0.208. The third-order valence-corrected chi connectivity index (χ3v) is 6.56. The number of anilines is 3. The molecule has 0 unspecified atom stereocenters. The fourth-order valence-corrected chi connectivity index (χ4v) is 4.85. The number of nitrogens with one attached hydrogen (secondary N) is 2. The van der Waals surface area contributed by atoms with Gasteiger partial charge in [-0.2, -0.15) is 0 Å². The molecule has 1 saturated heterocycles. The molecule has 1 aliphatic rings. The Labute approximate surface area is 198 Å². The first kappa shape index (κ1) is 23.4. The first-order chi connectivity index (χ1) is 16.5. The Morgan fingerprint density at radius 1 is 1.09 bits per heavy atom. The normalized spacial score (nSPS) is 14.2. The van der Waals surface area contributed by atoms with E-state index < -0.39 is 15.9 Å². The summed E-state index contributed by atoms with van der Waals surface area (Å²) in [6.45, 7) is 2.09. The van der Waals surface area contributed by atoms with Crippen LogP contribution in [0.2, 0.25) is 0 Å². The molecule has 0 spiro atoms. The number of amides is 1. The summed E-state index contributed by atoms with van der Waals surface area (Å²) in [7, 11) is -2.56. The summed E-state index contributed by atoms with van der Waals surface area (Å²) in [6.07, 6.45) is 4.35. The molecule has 0 atom stereocenters. The highest BCUT2D eigenvalue weighted by Crippen LogP contribution is 2.33. The van der Waals surface area contributed by atoms with E-state index in [4.69, 9.17) is 13.9 Å². The SMILES string of the molecule is COc1ccccc1NS(=O)(=O)c1cc(NC(=O)/C=C\c2ccco2)ccc1N1CCOCC1. The smallest absolute Gasteiger partial charge is 0.264 e. The Balaban J connectivity index is 1.65. The van der Waals surface area contributed by atoms with Crippen LogP contribution in [0.3, 0.4) is 0 Å². The number of ether oxygens (including phenoxy) is 2. The van der Waals surface area contributed by atoms with Crippen LogP contribution < -0.4 is 19.7 Å². The summed E-state index contributed by atoms with van der Waals surface area (Å²) < 4.78 is 45.5. The van der Waals surface area contributed by atoms with Crippen LogP contribution in [0.4, 0.5) is 17.1 Å². The van der Waals surface area contributed by atoms with E-state index in [1.165, 1.54) is 31.6 Å². The van der Waals surface area contributed by atoms with Gasteiger partial charge in [0.1, 0.15) is 16.4 Å². The molecule has 1 aliphatic heterocycles. The standard InChI is InChI=1S/C24H25N3O6S/c1-31-22-7-3-2-6-20(22)26-34(29,30)23-17-18(8-10-21(23)27-12-15-32-16-13-27)25-24(28)11-9-19-5-4-14-33-19/h2-11,14,17,26H,12-13,15-16H2,1H3,(H,25,28)/b11-9-. The lowest BCUT2D eigenvalue weighted by Gasteiger charge is -2.30. The number of methoxy groups -OCH3 is 1. The first-order valence-electron chi connectivity index (χ1n) is 10.6. The number of para-hydroxylation sites is 2. The molecule has 3 aromatic rings. The number of hydrogen-bond acceptors (Lipinski definition) is 7. The van der Waals surface area contributed by atoms with Crippen molar-refractivity contribution in [3.8, 4) is 5.75 Å². The highest BCUT2D eigenvalue weighted by molar-refractivity contribution is 7.93. The zero-order valence-electron chi connectivity index (χ0n) is 18.6. The summed E-state index contributed by atoms with van der Waals surface area (Å²) in [4.78, 5) is 14.4. The average molecular weight is 484 g/mol. The van der Waals surface area contributed by atoms with Crippen LogP contribution in [0.25, 0.3) is 6.08 Å². The van der Waals surface area contributed by atoms with Gasteiger partial charge in [0, 0.05) is 24.9 Å². The Kier molecular flexibility index (Phi) is 7.19. The van der Waals surface area contributed by atoms with E-state index >= 15 is 0 Å². The van der Waals surface area contributed by atoms with Gasteiger partial charge in [-0.15, -0.1) is 0 Å². The Morgan fingerprint density at radius 2 is 1.88 bits per heavy atom. The second-order valence-corrected chi connectivity index (χ2v) is 9.08. The van der Waals surface area contributed by atoms with Gasteiger partial charge in [0.25, 0.3) is 10.0 Å². The molecule has 1 aromatic heterocycles. The lowest BCUT2D eigenvalue weighted by atomic mass is 10.2. The molecule has 178 valence electrons. The lowest BCUT2D eigenvalue weighted by molar-refractivity contribution is -0.111. The predicted octanol–water partition coefficient (Wildman–Crippen LogP) is 3.58. The zero-order valence-corrected chi connectivity index (χ0v) is 19.4. The van der Waals surface area contributed by atoms with Crippen molar-refractivity contribution < 1.29 is 27.1 Å². The molecule has 2 heterocycles. The van der Waals surface area contributed by atoms with E-state index in [9.17, 15) is 13.2 Å². The summed E-state index contributed by atoms with van der Waals surface area (Å²) in [5.74, 6) is 0.505. The summed E-state index contributed by atoms with van der Waals surface area (Å²) in [6, 6.07) is 15.0. The van der Waals surface area contributed by atoms with Gasteiger partial charge in [-0.1, -0.05) is 12.1 Å². The topological polar surface area (TPSA) is 110 Å². The summed E-state index contributed by atoms with van der Waals surface area (Å²) >= 11 is 0. The van der Waals surface area contributed by atoms with Gasteiger partial charge >= 0.3 is 0 Å². The number of nitrogens with zero attached hydrogens (tertiary/aromatic N) is 1. The highest BCUT2D eigenvalue weighted by atomic mass is 32.2. The molecule has 2 aromatic carbocycles. The van der Waals surface area contributed by atoms with Crippen LogP contribution in [-0.2, 0) is 19.6 Å². The Bertz CT molecular complexity index is 1270. The molecule has 0 radical (unpaired) electrons. The molecule has 9 nitrogen and oxygen atoms in total. The van der Waals surface area contributed by atoms with Gasteiger partial charge in [0.2, 0.25) is 5.91 Å². The molecule has 34 heavy (non-hydrogen) atoms. The number of carbonyl (C=O) groups excluding carboxylic acids is 1. The lowest BCUT2D eigenvalue weighted by Crippen LogP contribution is -2.37. The van der Waals surface area contributed by atoms with Gasteiger partial charge in [0.15, 0.2) is 0 Å². The van der Waals surface area contributed by atoms with E-state index in [-0.39, 0.29) is 4.90 Å². The van der Waals surface area contributed by atoms with Crippen LogP contribution in [0, 0.1) is 0 Å². The second-order valence-electron chi connectivity index (χ2n) is 7.43. The largest absolute Gasteiger partial charge is 0.495 e. The maximum atomic E-state index is 13.5. The Morgan fingerprint density at radius 3 is 2.62 bits per heavy atom. The fourth-order valence-electron chi connectivity index (χ4n) is 3.53. The molecule has 0 saturated carbocycles. The van der Waals surface area contributed by atoms with Crippen molar-refractivity contribution in [3.05, 3.63) is 72.7 Å². The van der Waals surface area contributed by atoms with Crippen molar-refractivity contribution in [1.82, 2.24) is 0 Å². The monoisotopic (exact) mass is 483 g/mol. The van der Waals surface area contributed by atoms with Crippen LogP contribution in [0.1, 0.15) is 5.76 Å². The zero-order chi connectivity index (χ0) is 24.0.